The van der Waals surface area contributed by atoms with E-state index in [9.17, 15) is 19.7 Å². The third kappa shape index (κ3) is 12.4. The van der Waals surface area contributed by atoms with E-state index in [-0.39, 0.29) is 32.6 Å². The van der Waals surface area contributed by atoms with Gasteiger partial charge in [0.15, 0.2) is 0 Å². The summed E-state index contributed by atoms with van der Waals surface area (Å²) in [6.45, 7) is 5.19. The standard InChI is InChI=1S/C11H20N2O7/c1-11(2,3)20-10(15)12-6-8-18-9(14)5-4-7-19-13(16)17/h4-8H2,1-3H3,(H,12,15). The Kier molecular flexibility index (Phi) is 8.02. The van der Waals surface area contributed by atoms with E-state index in [0.29, 0.717) is 0 Å². The molecule has 1 amide bonds. The van der Waals surface area contributed by atoms with Crippen LogP contribution in [0.1, 0.15) is 33.6 Å². The fourth-order valence-corrected chi connectivity index (χ4v) is 1.06. The van der Waals surface area contributed by atoms with Gasteiger partial charge in [0.05, 0.1) is 13.2 Å². The molecule has 9 nitrogen and oxygen atoms in total. The number of nitrogens with one attached hydrogen (secondary N) is 1. The van der Waals surface area contributed by atoms with Gasteiger partial charge in [-0.2, -0.15) is 0 Å². The van der Waals surface area contributed by atoms with Gasteiger partial charge < -0.3 is 19.6 Å². The second-order valence-corrected chi connectivity index (χ2v) is 4.81. The zero-order valence-corrected chi connectivity index (χ0v) is 11.8. The molecule has 0 aliphatic carbocycles. The van der Waals surface area contributed by atoms with Gasteiger partial charge >= 0.3 is 12.1 Å². The van der Waals surface area contributed by atoms with Crippen molar-refractivity contribution in [1.82, 2.24) is 5.32 Å². The van der Waals surface area contributed by atoms with Crippen molar-refractivity contribution < 1.29 is 29.0 Å². The molecule has 0 radical (unpaired) electrons. The average Bonchev–Trinajstić information content (AvgIpc) is 2.28. The number of carbonyl (C=O) groups excluding carboxylic acids is 2. The zero-order valence-electron chi connectivity index (χ0n) is 11.8. The monoisotopic (exact) mass is 292 g/mol. The van der Waals surface area contributed by atoms with Gasteiger partial charge in [-0.05, 0) is 27.2 Å². The van der Waals surface area contributed by atoms with Crippen LogP contribution in [0.25, 0.3) is 0 Å². The third-order valence-electron chi connectivity index (χ3n) is 1.76. The number of nitrogens with zero attached hydrogens (tertiary/aromatic N) is 1. The Morgan fingerprint density at radius 2 is 1.90 bits per heavy atom. The second-order valence-electron chi connectivity index (χ2n) is 4.81. The fraction of sp³-hybridized carbons (Fsp3) is 0.818. The lowest BCUT2D eigenvalue weighted by molar-refractivity contribution is -0.757. The molecule has 0 bridgehead atoms. The third-order valence-corrected chi connectivity index (χ3v) is 1.76. The van der Waals surface area contributed by atoms with Crippen molar-refractivity contribution in [1.29, 1.82) is 0 Å². The molecule has 0 aromatic rings. The molecule has 0 aliphatic heterocycles. The second kappa shape index (κ2) is 8.94. The van der Waals surface area contributed by atoms with Crippen molar-refractivity contribution in [2.45, 2.75) is 39.2 Å². The van der Waals surface area contributed by atoms with Gasteiger partial charge in [-0.25, -0.2) is 4.79 Å². The zero-order chi connectivity index (χ0) is 15.6. The number of hydrogen-bond donors (Lipinski definition) is 1. The van der Waals surface area contributed by atoms with Crippen molar-refractivity contribution >= 4 is 12.1 Å². The lowest BCUT2D eigenvalue weighted by Crippen LogP contribution is -2.34. The van der Waals surface area contributed by atoms with Crippen LogP contribution in [0.5, 0.6) is 0 Å². The Hall–Kier alpha value is -2.06. The first kappa shape index (κ1) is 17.9. The molecule has 1 N–H and O–H groups in total. The normalized spacial score (nSPS) is 10.6. The first-order chi connectivity index (χ1) is 9.20. The van der Waals surface area contributed by atoms with Crippen LogP contribution in [0.3, 0.4) is 0 Å². The predicted molar refractivity (Wildman–Crippen MR) is 67.4 cm³/mol. The fourth-order valence-electron chi connectivity index (χ4n) is 1.06. The van der Waals surface area contributed by atoms with Gasteiger partial charge in [0.25, 0.3) is 5.09 Å². The van der Waals surface area contributed by atoms with E-state index in [1.165, 1.54) is 0 Å². The SMILES string of the molecule is CC(C)(C)OC(=O)NCCOC(=O)CCCO[N+](=O)[O-]. The Morgan fingerprint density at radius 1 is 1.25 bits per heavy atom. The van der Waals surface area contributed by atoms with Crippen LogP contribution >= 0.6 is 0 Å². The Labute approximate surface area is 116 Å². The highest BCUT2D eigenvalue weighted by Crippen LogP contribution is 2.06. The molecule has 0 saturated heterocycles. The molecule has 0 atom stereocenters. The average molecular weight is 292 g/mol. The smallest absolute Gasteiger partial charge is 0.407 e. The predicted octanol–water partition coefficient (Wildman–Crippen LogP) is 1.04. The van der Waals surface area contributed by atoms with Gasteiger partial charge in [-0.1, -0.05) is 0 Å². The molecule has 0 saturated carbocycles. The van der Waals surface area contributed by atoms with Crippen molar-refractivity contribution in [3.8, 4) is 0 Å². The summed E-state index contributed by atoms with van der Waals surface area (Å²) in [4.78, 5) is 36.3. The molecule has 0 heterocycles. The van der Waals surface area contributed by atoms with Crippen molar-refractivity contribution in [2.75, 3.05) is 19.8 Å². The summed E-state index contributed by atoms with van der Waals surface area (Å²) in [5.74, 6) is -0.511. The Bertz CT molecular complexity index is 338. The molecular formula is C11H20N2O7. The molecule has 0 rings (SSSR count). The van der Waals surface area contributed by atoms with Gasteiger partial charge in [0.2, 0.25) is 0 Å². The maximum atomic E-state index is 11.2. The summed E-state index contributed by atoms with van der Waals surface area (Å²) in [5.41, 5.74) is -0.586. The van der Waals surface area contributed by atoms with Crippen LogP contribution in [0.15, 0.2) is 0 Å². The summed E-state index contributed by atoms with van der Waals surface area (Å²) >= 11 is 0. The topological polar surface area (TPSA) is 117 Å². The van der Waals surface area contributed by atoms with Crippen LogP contribution < -0.4 is 5.32 Å². The molecule has 0 aromatic heterocycles. The molecule has 0 aliphatic rings. The van der Waals surface area contributed by atoms with Gasteiger partial charge in [0, 0.05) is 6.42 Å². The quantitative estimate of drug-likeness (QED) is 0.307. The van der Waals surface area contributed by atoms with Crippen LogP contribution in [-0.2, 0) is 19.1 Å². The number of esters is 1. The van der Waals surface area contributed by atoms with E-state index in [4.69, 9.17) is 9.47 Å². The molecule has 9 heteroatoms. The summed E-state index contributed by atoms with van der Waals surface area (Å²) < 4.78 is 9.77. The highest BCUT2D eigenvalue weighted by Gasteiger charge is 2.15. The summed E-state index contributed by atoms with van der Waals surface area (Å²) in [5, 5.41) is 11.3. The van der Waals surface area contributed by atoms with Crippen molar-refractivity contribution in [2.24, 2.45) is 0 Å². The van der Waals surface area contributed by atoms with E-state index in [1.807, 2.05) is 0 Å². The van der Waals surface area contributed by atoms with Crippen LogP contribution in [0, 0.1) is 10.1 Å². The molecule has 116 valence electrons. The number of amides is 1. The van der Waals surface area contributed by atoms with Crippen LogP contribution in [-0.4, -0.2) is 42.5 Å². The van der Waals surface area contributed by atoms with E-state index >= 15 is 0 Å². The first-order valence-electron chi connectivity index (χ1n) is 6.10. The molecule has 0 unspecified atom stereocenters. The molecule has 0 fully saturated rings. The van der Waals surface area contributed by atoms with Gasteiger partial charge in [0.1, 0.15) is 12.2 Å². The molecular weight excluding hydrogens is 272 g/mol. The Morgan fingerprint density at radius 3 is 2.45 bits per heavy atom. The minimum atomic E-state index is -0.921. The molecule has 0 spiro atoms. The van der Waals surface area contributed by atoms with E-state index < -0.39 is 22.8 Å². The lowest BCUT2D eigenvalue weighted by Gasteiger charge is -2.19. The summed E-state index contributed by atoms with van der Waals surface area (Å²) in [6, 6.07) is 0. The summed E-state index contributed by atoms with van der Waals surface area (Å²) in [6.07, 6.45) is -0.382. The lowest BCUT2D eigenvalue weighted by atomic mass is 10.2. The number of alkyl carbamates (subject to hydrolysis) is 1. The maximum absolute atomic E-state index is 11.2. The van der Waals surface area contributed by atoms with Gasteiger partial charge in [-0.3, -0.25) is 4.79 Å². The minimum absolute atomic E-state index is 0.00810. The van der Waals surface area contributed by atoms with Crippen LogP contribution in [0.4, 0.5) is 4.79 Å². The molecule has 0 aromatic carbocycles. The van der Waals surface area contributed by atoms with Crippen LogP contribution in [0.2, 0.25) is 0 Å². The highest BCUT2D eigenvalue weighted by atomic mass is 16.9. The number of hydrogen-bond acceptors (Lipinski definition) is 7. The Balaban J connectivity index is 3.52. The van der Waals surface area contributed by atoms with Crippen molar-refractivity contribution in [3.63, 3.8) is 0 Å². The highest BCUT2D eigenvalue weighted by molar-refractivity contribution is 5.69. The van der Waals surface area contributed by atoms with Gasteiger partial charge in [-0.15, -0.1) is 10.1 Å². The first-order valence-corrected chi connectivity index (χ1v) is 6.10. The number of carbonyl (C=O) groups is 2. The van der Waals surface area contributed by atoms with E-state index in [0.717, 1.165) is 0 Å². The molecule has 20 heavy (non-hydrogen) atoms. The number of rotatable bonds is 8. The largest absolute Gasteiger partial charge is 0.464 e. The maximum Gasteiger partial charge on any atom is 0.407 e. The van der Waals surface area contributed by atoms with E-state index in [2.05, 4.69) is 10.2 Å². The summed E-state index contributed by atoms with van der Waals surface area (Å²) in [7, 11) is 0. The number of ether oxygens (including phenoxy) is 2. The van der Waals surface area contributed by atoms with E-state index in [1.54, 1.807) is 20.8 Å². The minimum Gasteiger partial charge on any atom is -0.464 e. The van der Waals surface area contributed by atoms with Crippen molar-refractivity contribution in [3.05, 3.63) is 10.1 Å².